The molecule has 2 amide bonds. The van der Waals surface area contributed by atoms with Crippen LogP contribution in [0.3, 0.4) is 0 Å². The maximum absolute atomic E-state index is 14.5. The van der Waals surface area contributed by atoms with Crippen LogP contribution in [0.5, 0.6) is 0 Å². The topological polar surface area (TPSA) is 92.7 Å². The lowest BCUT2D eigenvalue weighted by molar-refractivity contribution is -0.138. The van der Waals surface area contributed by atoms with Gasteiger partial charge in [0.15, 0.2) is 0 Å². The third-order valence-corrected chi connectivity index (χ3v) is 9.68. The second kappa shape index (κ2) is 12.6. The summed E-state index contributed by atoms with van der Waals surface area (Å²) < 4.78 is 7.29. The number of likely N-dealkylation sites (tertiary alicyclic amines) is 1. The van der Waals surface area contributed by atoms with Crippen molar-refractivity contribution in [3.05, 3.63) is 126 Å². The molecule has 230 valence electrons. The van der Waals surface area contributed by atoms with Gasteiger partial charge >= 0.3 is 6.09 Å². The summed E-state index contributed by atoms with van der Waals surface area (Å²) in [6, 6.07) is 30.3. The van der Waals surface area contributed by atoms with Crippen molar-refractivity contribution in [1.82, 2.24) is 14.8 Å². The lowest BCUT2D eigenvalue weighted by atomic mass is 9.80. The van der Waals surface area contributed by atoms with Crippen molar-refractivity contribution in [1.29, 1.82) is 0 Å². The van der Waals surface area contributed by atoms with Crippen molar-refractivity contribution in [2.45, 2.75) is 56.8 Å². The summed E-state index contributed by atoms with van der Waals surface area (Å²) in [6.07, 6.45) is 5.61. The van der Waals surface area contributed by atoms with Crippen LogP contribution >= 0.6 is 0 Å². The number of rotatable bonds is 6. The van der Waals surface area contributed by atoms with Crippen LogP contribution in [0.1, 0.15) is 71.4 Å². The number of benzene rings is 3. The smallest absolute Gasteiger partial charge is 0.418 e. The van der Waals surface area contributed by atoms with Crippen LogP contribution in [0.4, 0.5) is 10.5 Å². The maximum Gasteiger partial charge on any atom is 0.418 e. The van der Waals surface area contributed by atoms with Crippen molar-refractivity contribution in [2.75, 3.05) is 11.9 Å². The van der Waals surface area contributed by atoms with E-state index in [0.29, 0.717) is 12.1 Å². The second-order valence-corrected chi connectivity index (χ2v) is 12.3. The van der Waals surface area contributed by atoms with Gasteiger partial charge in [0.1, 0.15) is 6.61 Å². The highest BCUT2D eigenvalue weighted by Crippen LogP contribution is 2.52. The zero-order valence-electron chi connectivity index (χ0n) is 25.2. The minimum absolute atomic E-state index is 0.0559. The van der Waals surface area contributed by atoms with Gasteiger partial charge in [-0.15, -0.1) is 0 Å². The third kappa shape index (κ3) is 5.72. The fourth-order valence-electron chi connectivity index (χ4n) is 7.52. The molecule has 0 spiro atoms. The van der Waals surface area contributed by atoms with E-state index in [1.54, 1.807) is 22.9 Å². The van der Waals surface area contributed by atoms with E-state index in [4.69, 9.17) is 4.74 Å². The monoisotopic (exact) mass is 602 g/mol. The molecule has 3 aliphatic rings. The van der Waals surface area contributed by atoms with Gasteiger partial charge in [0.25, 0.3) is 5.91 Å². The molecule has 3 heterocycles. The number of nitrogens with one attached hydrogen (secondary N) is 2. The fraction of sp³-hybridized carbons (Fsp3) is 0.324. The molecule has 0 bridgehead atoms. The van der Waals surface area contributed by atoms with Crippen molar-refractivity contribution in [3.63, 3.8) is 0 Å². The van der Waals surface area contributed by atoms with E-state index in [1.807, 2.05) is 78.9 Å². The standard InChI is InChI=1S/C37H38N4O4/c42-35(26-14-5-2-6-15-26)39-31-19-10-8-17-28(31)36(43)41-23-21-29-33(38-30-18-9-7-16-27(30)34(29)41)32-20-11-22-40(32)37(44)45-24-25-12-3-1-4-13-25/h1-7,9,11-16,18,20,22,28-29,31,33-34,38H,8,10,17,19,21,23-24H2,(H,39,42)/t28-,29?,31+,33?,34?/m0/s1. The molecular weight excluding hydrogens is 564 g/mol. The average Bonchev–Trinajstić information content (AvgIpc) is 3.76. The number of aromatic nitrogens is 1. The van der Waals surface area contributed by atoms with Crippen molar-refractivity contribution in [2.24, 2.45) is 11.8 Å². The normalized spacial score (nSPS) is 23.7. The number of amides is 2. The Morgan fingerprint density at radius 3 is 2.38 bits per heavy atom. The summed E-state index contributed by atoms with van der Waals surface area (Å²) in [5.41, 5.74) is 4.41. The summed E-state index contributed by atoms with van der Waals surface area (Å²) in [4.78, 5) is 42.9. The van der Waals surface area contributed by atoms with Gasteiger partial charge in [-0.3, -0.25) is 14.2 Å². The molecule has 3 aromatic carbocycles. The van der Waals surface area contributed by atoms with E-state index in [9.17, 15) is 14.4 Å². The zero-order chi connectivity index (χ0) is 30.8. The zero-order valence-corrected chi connectivity index (χ0v) is 25.2. The number of nitrogens with zero attached hydrogens (tertiary/aromatic N) is 2. The molecule has 2 N–H and O–H groups in total. The summed E-state index contributed by atoms with van der Waals surface area (Å²) in [6.45, 7) is 0.811. The first-order valence-electron chi connectivity index (χ1n) is 16.0. The maximum atomic E-state index is 14.5. The number of para-hydroxylation sites is 1. The fourth-order valence-corrected chi connectivity index (χ4v) is 7.52. The minimum Gasteiger partial charge on any atom is -0.444 e. The Kier molecular flexibility index (Phi) is 8.11. The molecule has 2 fully saturated rings. The van der Waals surface area contributed by atoms with Crippen LogP contribution in [-0.2, 0) is 16.1 Å². The molecule has 8 nitrogen and oxygen atoms in total. The third-order valence-electron chi connectivity index (χ3n) is 9.68. The van der Waals surface area contributed by atoms with Crippen molar-refractivity contribution >= 4 is 23.6 Å². The highest BCUT2D eigenvalue weighted by atomic mass is 16.5. The minimum atomic E-state index is -0.429. The Morgan fingerprint density at radius 2 is 1.56 bits per heavy atom. The van der Waals surface area contributed by atoms with Gasteiger partial charge in [-0.05, 0) is 60.7 Å². The molecule has 0 radical (unpaired) electrons. The number of ether oxygens (including phenoxy) is 1. The van der Waals surface area contributed by atoms with Gasteiger partial charge < -0.3 is 20.3 Å². The average molecular weight is 603 g/mol. The Labute approximate surface area is 263 Å². The van der Waals surface area contributed by atoms with Crippen molar-refractivity contribution in [3.8, 4) is 0 Å². The first kappa shape index (κ1) is 28.9. The van der Waals surface area contributed by atoms with Crippen LogP contribution in [0.2, 0.25) is 0 Å². The molecule has 8 heteroatoms. The number of fused-ring (bicyclic) bond motifs is 3. The number of anilines is 1. The van der Waals surface area contributed by atoms with Gasteiger partial charge in [-0.25, -0.2) is 4.79 Å². The molecule has 1 saturated carbocycles. The molecule has 45 heavy (non-hydrogen) atoms. The summed E-state index contributed by atoms with van der Waals surface area (Å²) >= 11 is 0. The van der Waals surface area contributed by atoms with Gasteiger partial charge in [0, 0.05) is 36.0 Å². The van der Waals surface area contributed by atoms with Gasteiger partial charge in [-0.2, -0.15) is 0 Å². The Morgan fingerprint density at radius 1 is 0.822 bits per heavy atom. The summed E-state index contributed by atoms with van der Waals surface area (Å²) in [5, 5.41) is 6.91. The molecule has 1 aromatic heterocycles. The van der Waals surface area contributed by atoms with Gasteiger partial charge in [0.2, 0.25) is 5.91 Å². The quantitative estimate of drug-likeness (QED) is 0.256. The van der Waals surface area contributed by atoms with E-state index < -0.39 is 6.09 Å². The predicted octanol–water partition coefficient (Wildman–Crippen LogP) is 6.72. The molecule has 1 saturated heterocycles. The van der Waals surface area contributed by atoms with Crippen molar-refractivity contribution < 1.29 is 19.1 Å². The van der Waals surface area contributed by atoms with Gasteiger partial charge in [-0.1, -0.05) is 79.6 Å². The Bertz CT molecular complexity index is 1670. The first-order valence-corrected chi connectivity index (χ1v) is 16.0. The molecule has 3 unspecified atom stereocenters. The molecule has 1 aliphatic carbocycles. The number of carbonyl (C=O) groups excluding carboxylic acids is 3. The SMILES string of the molecule is O=C(N[C@@H]1CCCC[C@@H]1C(=O)N1CCC2C(c3cccn3C(=O)OCc3ccccc3)Nc3ccccc3C21)c1ccccc1. The van der Waals surface area contributed by atoms with E-state index in [1.165, 1.54) is 0 Å². The Balaban J connectivity index is 1.14. The summed E-state index contributed by atoms with van der Waals surface area (Å²) in [5.74, 6) is -0.247. The highest BCUT2D eigenvalue weighted by Gasteiger charge is 2.49. The van der Waals surface area contributed by atoms with Crippen LogP contribution in [0, 0.1) is 11.8 Å². The molecular formula is C37H38N4O4. The van der Waals surface area contributed by atoms with Crippen LogP contribution < -0.4 is 10.6 Å². The molecule has 2 aliphatic heterocycles. The molecule has 4 aromatic rings. The van der Waals surface area contributed by atoms with E-state index in [0.717, 1.165) is 54.6 Å². The lowest BCUT2D eigenvalue weighted by Gasteiger charge is -2.42. The Hall–Kier alpha value is -4.85. The van der Waals surface area contributed by atoms with E-state index in [2.05, 4.69) is 21.6 Å². The predicted molar refractivity (Wildman–Crippen MR) is 171 cm³/mol. The number of carbonyl (C=O) groups is 3. The second-order valence-electron chi connectivity index (χ2n) is 12.3. The van der Waals surface area contributed by atoms with E-state index in [-0.39, 0.29) is 48.4 Å². The lowest BCUT2D eigenvalue weighted by Crippen LogP contribution is -2.50. The highest BCUT2D eigenvalue weighted by molar-refractivity contribution is 5.95. The molecule has 7 rings (SSSR count). The van der Waals surface area contributed by atoms with Crippen LogP contribution in [-0.4, -0.2) is 40.0 Å². The number of hydrogen-bond acceptors (Lipinski definition) is 5. The van der Waals surface area contributed by atoms with Crippen LogP contribution in [0.25, 0.3) is 0 Å². The van der Waals surface area contributed by atoms with Gasteiger partial charge in [0.05, 0.1) is 23.7 Å². The molecule has 5 atom stereocenters. The largest absolute Gasteiger partial charge is 0.444 e. The number of hydrogen-bond donors (Lipinski definition) is 2. The summed E-state index contributed by atoms with van der Waals surface area (Å²) in [7, 11) is 0. The first-order chi connectivity index (χ1) is 22.1. The van der Waals surface area contributed by atoms with Crippen LogP contribution in [0.15, 0.2) is 103 Å². The van der Waals surface area contributed by atoms with E-state index >= 15 is 0 Å².